The van der Waals surface area contributed by atoms with Gasteiger partial charge in [0.15, 0.2) is 6.10 Å². The average Bonchev–Trinajstić information content (AvgIpc) is 3.20. The predicted octanol–water partition coefficient (Wildman–Crippen LogP) is 4.27. The molecule has 32 heavy (non-hydrogen) atoms. The van der Waals surface area contributed by atoms with E-state index in [2.05, 4.69) is 16.4 Å². The zero-order chi connectivity index (χ0) is 22.7. The van der Waals surface area contributed by atoms with Crippen molar-refractivity contribution in [3.05, 3.63) is 71.0 Å². The van der Waals surface area contributed by atoms with Crippen LogP contribution in [0.3, 0.4) is 0 Å². The van der Waals surface area contributed by atoms with Crippen molar-refractivity contribution in [2.75, 3.05) is 12.4 Å². The zero-order valence-corrected chi connectivity index (χ0v) is 18.5. The minimum atomic E-state index is -1.01. The van der Waals surface area contributed by atoms with Crippen LogP contribution in [0, 0.1) is 0 Å². The van der Waals surface area contributed by atoms with E-state index >= 15 is 0 Å². The molecule has 0 saturated carbocycles. The molecule has 0 fully saturated rings. The number of nitrogens with zero attached hydrogens (tertiary/aromatic N) is 1. The van der Waals surface area contributed by atoms with Crippen LogP contribution in [0.2, 0.25) is 0 Å². The van der Waals surface area contributed by atoms with Crippen LogP contribution in [0.4, 0.5) is 5.00 Å². The van der Waals surface area contributed by atoms with Gasteiger partial charge >= 0.3 is 11.9 Å². The molecular formula is C24H22N2O5S. The lowest BCUT2D eigenvalue weighted by Gasteiger charge is -2.17. The molecule has 0 saturated heterocycles. The lowest BCUT2D eigenvalue weighted by Crippen LogP contribution is -2.32. The number of hydrogen-bond acceptors (Lipinski definition) is 7. The summed E-state index contributed by atoms with van der Waals surface area (Å²) in [5, 5.41) is 3.22. The van der Waals surface area contributed by atoms with E-state index in [0.29, 0.717) is 22.5 Å². The van der Waals surface area contributed by atoms with Crippen LogP contribution < -0.4 is 5.32 Å². The number of methoxy groups -OCH3 is 1. The maximum absolute atomic E-state index is 13.0. The first-order chi connectivity index (χ1) is 15.5. The third-order valence-corrected chi connectivity index (χ3v) is 6.55. The molecule has 1 aliphatic rings. The van der Waals surface area contributed by atoms with Gasteiger partial charge in [-0.05, 0) is 48.1 Å². The largest absolute Gasteiger partial charge is 0.465 e. The number of thiophene rings is 1. The quantitative estimate of drug-likeness (QED) is 0.564. The molecule has 0 aliphatic heterocycles. The normalized spacial score (nSPS) is 12.8. The molecular weight excluding hydrogens is 428 g/mol. The van der Waals surface area contributed by atoms with Gasteiger partial charge in [-0.3, -0.25) is 9.78 Å². The van der Waals surface area contributed by atoms with E-state index in [1.54, 1.807) is 6.92 Å². The van der Waals surface area contributed by atoms with Crippen molar-refractivity contribution >= 4 is 34.2 Å². The van der Waals surface area contributed by atoms with Gasteiger partial charge in [-0.1, -0.05) is 31.2 Å². The number of carbonyl (C=O) groups is 3. The Balaban J connectivity index is 1.62. The number of pyridine rings is 1. The van der Waals surface area contributed by atoms with Crippen molar-refractivity contribution in [2.24, 2.45) is 0 Å². The third-order valence-electron chi connectivity index (χ3n) is 5.37. The Bertz CT molecular complexity index is 1170. The number of amides is 1. The number of aromatic nitrogens is 1. The van der Waals surface area contributed by atoms with Gasteiger partial charge in [0, 0.05) is 17.3 Å². The number of anilines is 1. The van der Waals surface area contributed by atoms with Crippen LogP contribution in [0.5, 0.6) is 0 Å². The molecule has 0 spiro atoms. The second kappa shape index (κ2) is 9.32. The number of rotatable bonds is 6. The summed E-state index contributed by atoms with van der Waals surface area (Å²) in [6.07, 6.45) is 3.72. The van der Waals surface area contributed by atoms with Crippen molar-refractivity contribution in [3.8, 4) is 10.4 Å². The summed E-state index contributed by atoms with van der Waals surface area (Å²) >= 11 is 1.34. The van der Waals surface area contributed by atoms with Crippen molar-refractivity contribution in [3.63, 3.8) is 0 Å². The Morgan fingerprint density at radius 2 is 1.84 bits per heavy atom. The van der Waals surface area contributed by atoms with Gasteiger partial charge in [0.05, 0.1) is 18.2 Å². The van der Waals surface area contributed by atoms with Crippen LogP contribution in [-0.2, 0) is 27.1 Å². The van der Waals surface area contributed by atoms with Gasteiger partial charge in [-0.25, -0.2) is 9.59 Å². The summed E-state index contributed by atoms with van der Waals surface area (Å²) in [5.74, 6) is -1.60. The number of nitrogens with one attached hydrogen (secondary N) is 1. The molecule has 1 aromatic carbocycles. The van der Waals surface area contributed by atoms with Crippen molar-refractivity contribution < 1.29 is 23.9 Å². The zero-order valence-electron chi connectivity index (χ0n) is 17.7. The SMILES string of the molecule is CCC(OC(=O)c1ccncc1)C(=O)Nc1sc2c(c1C(=O)OC)CCc1ccccc1-2. The highest BCUT2D eigenvalue weighted by atomic mass is 32.1. The van der Waals surface area contributed by atoms with Crippen LogP contribution in [-0.4, -0.2) is 36.0 Å². The molecule has 7 nitrogen and oxygen atoms in total. The van der Waals surface area contributed by atoms with Crippen LogP contribution in [0.15, 0.2) is 48.8 Å². The van der Waals surface area contributed by atoms with Gasteiger partial charge in [0.25, 0.3) is 5.91 Å². The lowest BCUT2D eigenvalue weighted by atomic mass is 9.89. The molecule has 0 radical (unpaired) electrons. The Morgan fingerprint density at radius 3 is 2.56 bits per heavy atom. The number of carbonyl (C=O) groups excluding carboxylic acids is 3. The first-order valence-electron chi connectivity index (χ1n) is 10.3. The van der Waals surface area contributed by atoms with Crippen molar-refractivity contribution in [2.45, 2.75) is 32.3 Å². The highest BCUT2D eigenvalue weighted by molar-refractivity contribution is 7.20. The van der Waals surface area contributed by atoms with E-state index < -0.39 is 23.9 Å². The first kappa shape index (κ1) is 21.7. The smallest absolute Gasteiger partial charge is 0.341 e. The summed E-state index contributed by atoms with van der Waals surface area (Å²) in [7, 11) is 1.32. The van der Waals surface area contributed by atoms with Gasteiger partial charge in [0.1, 0.15) is 5.00 Å². The number of aryl methyl sites for hydroxylation is 1. The number of hydrogen-bond donors (Lipinski definition) is 1. The highest BCUT2D eigenvalue weighted by Gasteiger charge is 2.31. The molecule has 1 unspecified atom stereocenters. The van der Waals surface area contributed by atoms with E-state index in [9.17, 15) is 14.4 Å². The molecule has 1 aliphatic carbocycles. The molecule has 0 bridgehead atoms. The second-order valence-electron chi connectivity index (χ2n) is 7.29. The Morgan fingerprint density at radius 1 is 1.09 bits per heavy atom. The Labute approximate surface area is 189 Å². The molecule has 1 amide bonds. The third kappa shape index (κ3) is 4.13. The number of ether oxygens (including phenoxy) is 2. The molecule has 3 aromatic rings. The minimum absolute atomic E-state index is 0.282. The maximum atomic E-state index is 13.0. The van der Waals surface area contributed by atoms with Gasteiger partial charge in [-0.2, -0.15) is 0 Å². The van der Waals surface area contributed by atoms with Gasteiger partial charge < -0.3 is 14.8 Å². The number of esters is 2. The summed E-state index contributed by atoms with van der Waals surface area (Å²) in [4.78, 5) is 42.8. The summed E-state index contributed by atoms with van der Waals surface area (Å²) in [6.45, 7) is 1.75. The van der Waals surface area contributed by atoms with E-state index in [1.165, 1.54) is 48.5 Å². The van der Waals surface area contributed by atoms with Gasteiger partial charge in [-0.15, -0.1) is 11.3 Å². The molecule has 1 atom stereocenters. The maximum Gasteiger partial charge on any atom is 0.341 e. The van der Waals surface area contributed by atoms with Crippen molar-refractivity contribution in [1.82, 2.24) is 4.98 Å². The average molecular weight is 451 g/mol. The van der Waals surface area contributed by atoms with Crippen LogP contribution in [0.25, 0.3) is 10.4 Å². The van der Waals surface area contributed by atoms with E-state index in [0.717, 1.165) is 22.4 Å². The summed E-state index contributed by atoms with van der Waals surface area (Å²) in [5.41, 5.74) is 3.81. The molecule has 8 heteroatoms. The minimum Gasteiger partial charge on any atom is -0.465 e. The first-order valence-corrected chi connectivity index (χ1v) is 11.1. The molecule has 164 valence electrons. The molecule has 4 rings (SSSR count). The topological polar surface area (TPSA) is 94.6 Å². The van der Waals surface area contributed by atoms with Gasteiger partial charge in [0.2, 0.25) is 0 Å². The standard InChI is InChI=1S/C24H22N2O5S/c1-3-18(31-23(28)15-10-12-25-13-11-15)21(27)26-22-19(24(29)30-2)17-9-8-14-6-4-5-7-16(14)20(17)32-22/h4-7,10-13,18H,3,8-9H2,1-2H3,(H,26,27). The predicted molar refractivity (Wildman–Crippen MR) is 121 cm³/mol. The number of benzene rings is 1. The van der Waals surface area contributed by atoms with E-state index in [-0.39, 0.29) is 6.42 Å². The Kier molecular flexibility index (Phi) is 6.32. The monoisotopic (exact) mass is 450 g/mol. The van der Waals surface area contributed by atoms with E-state index in [1.807, 2.05) is 18.2 Å². The second-order valence-corrected chi connectivity index (χ2v) is 8.31. The fourth-order valence-corrected chi connectivity index (χ4v) is 5.05. The Hall–Kier alpha value is -3.52. The fourth-order valence-electron chi connectivity index (χ4n) is 3.75. The van der Waals surface area contributed by atoms with Crippen LogP contribution >= 0.6 is 11.3 Å². The highest BCUT2D eigenvalue weighted by Crippen LogP contribution is 2.45. The molecule has 1 N–H and O–H groups in total. The summed E-state index contributed by atoms with van der Waals surface area (Å²) < 4.78 is 10.4. The number of fused-ring (bicyclic) bond motifs is 3. The van der Waals surface area contributed by atoms with E-state index in [4.69, 9.17) is 9.47 Å². The summed E-state index contributed by atoms with van der Waals surface area (Å²) in [6, 6.07) is 11.1. The van der Waals surface area contributed by atoms with Crippen LogP contribution in [0.1, 0.15) is 45.2 Å². The fraction of sp³-hybridized carbons (Fsp3) is 0.250. The van der Waals surface area contributed by atoms with Crippen molar-refractivity contribution in [1.29, 1.82) is 0 Å². The molecule has 2 aromatic heterocycles. The molecule has 2 heterocycles. The lowest BCUT2D eigenvalue weighted by molar-refractivity contribution is -0.124.